The number of carboxylic acids is 1. The summed E-state index contributed by atoms with van der Waals surface area (Å²) in [6, 6.07) is 13.0. The third-order valence-corrected chi connectivity index (χ3v) is 2.98. The van der Waals surface area contributed by atoms with E-state index >= 15 is 0 Å². The van der Waals surface area contributed by atoms with E-state index in [-0.39, 0.29) is 18.2 Å². The molecule has 0 spiro atoms. The fourth-order valence-electron chi connectivity index (χ4n) is 1.88. The van der Waals surface area contributed by atoms with Crippen molar-refractivity contribution in [2.45, 2.75) is 19.3 Å². The number of carbonyl (C=O) groups is 1. The normalized spacial score (nSPS) is 11.9. The van der Waals surface area contributed by atoms with Crippen LogP contribution < -0.4 is 4.74 Å². The number of hydrogen-bond acceptors (Lipinski definition) is 2. The molecule has 1 unspecified atom stereocenters. The lowest BCUT2D eigenvalue weighted by atomic mass is 9.98. The Morgan fingerprint density at radius 2 is 1.60 bits per heavy atom. The second-order valence-electron chi connectivity index (χ2n) is 4.62. The van der Waals surface area contributed by atoms with Crippen molar-refractivity contribution in [3.63, 3.8) is 0 Å². The molecule has 0 saturated heterocycles. The van der Waals surface area contributed by atoms with Crippen LogP contribution in [-0.2, 0) is 4.79 Å². The summed E-state index contributed by atoms with van der Waals surface area (Å²) in [5.41, 5.74) is 0.943. The Morgan fingerprint density at radius 3 is 2.10 bits per heavy atom. The third-order valence-electron chi connectivity index (χ3n) is 2.98. The molecule has 0 heterocycles. The van der Waals surface area contributed by atoms with Gasteiger partial charge in [-0.1, -0.05) is 19.1 Å². The lowest BCUT2D eigenvalue weighted by Gasteiger charge is -2.10. The van der Waals surface area contributed by atoms with Crippen LogP contribution in [0.25, 0.3) is 0 Å². The minimum atomic E-state index is -0.816. The summed E-state index contributed by atoms with van der Waals surface area (Å²) in [4.78, 5) is 10.7. The molecule has 0 aliphatic carbocycles. The molecule has 3 nitrogen and oxygen atoms in total. The van der Waals surface area contributed by atoms with Crippen LogP contribution in [0.15, 0.2) is 48.5 Å². The molecule has 2 aromatic carbocycles. The monoisotopic (exact) mass is 274 g/mol. The Morgan fingerprint density at radius 1 is 1.10 bits per heavy atom. The SMILES string of the molecule is CC(CC(=O)O)c1ccc(Oc2ccc(F)cc2)cc1. The summed E-state index contributed by atoms with van der Waals surface area (Å²) >= 11 is 0. The van der Waals surface area contributed by atoms with Gasteiger partial charge in [-0.25, -0.2) is 4.39 Å². The minimum Gasteiger partial charge on any atom is -0.481 e. The number of rotatable bonds is 5. The van der Waals surface area contributed by atoms with Gasteiger partial charge in [-0.3, -0.25) is 4.79 Å². The van der Waals surface area contributed by atoms with E-state index in [0.29, 0.717) is 11.5 Å². The van der Waals surface area contributed by atoms with Crippen molar-refractivity contribution in [2.24, 2.45) is 0 Å². The van der Waals surface area contributed by atoms with Crippen LogP contribution in [0, 0.1) is 5.82 Å². The van der Waals surface area contributed by atoms with Crippen LogP contribution in [-0.4, -0.2) is 11.1 Å². The molecular weight excluding hydrogens is 259 g/mol. The van der Waals surface area contributed by atoms with Gasteiger partial charge in [0.05, 0.1) is 6.42 Å². The molecule has 0 amide bonds. The van der Waals surface area contributed by atoms with E-state index in [1.165, 1.54) is 12.1 Å². The van der Waals surface area contributed by atoms with Gasteiger partial charge in [-0.2, -0.15) is 0 Å². The molecule has 0 bridgehead atoms. The predicted octanol–water partition coefficient (Wildman–Crippen LogP) is 4.20. The largest absolute Gasteiger partial charge is 0.481 e. The summed E-state index contributed by atoms with van der Waals surface area (Å²) in [5, 5.41) is 8.76. The molecule has 104 valence electrons. The molecule has 20 heavy (non-hydrogen) atoms. The molecule has 0 fully saturated rings. The highest BCUT2D eigenvalue weighted by Gasteiger charge is 2.10. The van der Waals surface area contributed by atoms with E-state index in [1.807, 2.05) is 19.1 Å². The Bertz CT molecular complexity index is 576. The van der Waals surface area contributed by atoms with Gasteiger partial charge in [0.15, 0.2) is 0 Å². The lowest BCUT2D eigenvalue weighted by Crippen LogP contribution is -2.02. The molecule has 0 aromatic heterocycles. The maximum atomic E-state index is 12.8. The highest BCUT2D eigenvalue weighted by Crippen LogP contribution is 2.25. The Kier molecular flexibility index (Phi) is 4.35. The van der Waals surface area contributed by atoms with Crippen LogP contribution in [0.2, 0.25) is 0 Å². The number of halogens is 1. The van der Waals surface area contributed by atoms with Crippen molar-refractivity contribution in [1.29, 1.82) is 0 Å². The molecule has 0 aliphatic heterocycles. The van der Waals surface area contributed by atoms with E-state index < -0.39 is 5.97 Å². The van der Waals surface area contributed by atoms with Crippen molar-refractivity contribution >= 4 is 5.97 Å². The molecule has 0 saturated carbocycles. The number of aliphatic carboxylic acids is 1. The zero-order valence-corrected chi connectivity index (χ0v) is 11.0. The first-order valence-corrected chi connectivity index (χ1v) is 6.30. The van der Waals surface area contributed by atoms with Gasteiger partial charge < -0.3 is 9.84 Å². The van der Waals surface area contributed by atoms with Gasteiger partial charge in [-0.05, 0) is 47.9 Å². The molecule has 2 rings (SSSR count). The first kappa shape index (κ1) is 14.1. The second kappa shape index (κ2) is 6.19. The molecule has 2 aromatic rings. The molecular formula is C16H15FO3. The maximum Gasteiger partial charge on any atom is 0.303 e. The summed E-state index contributed by atoms with van der Waals surface area (Å²) < 4.78 is 18.3. The maximum absolute atomic E-state index is 12.8. The van der Waals surface area contributed by atoms with Crippen LogP contribution in [0.1, 0.15) is 24.8 Å². The summed E-state index contributed by atoms with van der Waals surface area (Å²) in [7, 11) is 0. The van der Waals surface area contributed by atoms with E-state index in [4.69, 9.17) is 9.84 Å². The Labute approximate surface area is 116 Å². The first-order valence-electron chi connectivity index (χ1n) is 6.30. The van der Waals surface area contributed by atoms with E-state index in [1.54, 1.807) is 24.3 Å². The molecule has 4 heteroatoms. The summed E-state index contributed by atoms with van der Waals surface area (Å²) in [5.74, 6) is 0.00678. The quantitative estimate of drug-likeness (QED) is 0.889. The van der Waals surface area contributed by atoms with Crippen molar-refractivity contribution in [1.82, 2.24) is 0 Å². The van der Waals surface area contributed by atoms with Gasteiger partial charge in [0.25, 0.3) is 0 Å². The van der Waals surface area contributed by atoms with E-state index in [2.05, 4.69) is 0 Å². The predicted molar refractivity (Wildman–Crippen MR) is 73.6 cm³/mol. The van der Waals surface area contributed by atoms with Crippen molar-refractivity contribution < 1.29 is 19.0 Å². The van der Waals surface area contributed by atoms with Gasteiger partial charge in [0.1, 0.15) is 17.3 Å². The smallest absolute Gasteiger partial charge is 0.303 e. The second-order valence-corrected chi connectivity index (χ2v) is 4.62. The number of carboxylic acid groups (broad SMARTS) is 1. The van der Waals surface area contributed by atoms with Gasteiger partial charge >= 0.3 is 5.97 Å². The van der Waals surface area contributed by atoms with Crippen molar-refractivity contribution in [2.75, 3.05) is 0 Å². The van der Waals surface area contributed by atoms with Crippen LogP contribution >= 0.6 is 0 Å². The Balaban J connectivity index is 2.04. The highest BCUT2D eigenvalue weighted by molar-refractivity contribution is 5.68. The number of ether oxygens (including phenoxy) is 1. The van der Waals surface area contributed by atoms with Crippen molar-refractivity contribution in [3.8, 4) is 11.5 Å². The molecule has 1 atom stereocenters. The standard InChI is InChI=1S/C16H15FO3/c1-11(10-16(18)19)12-2-6-14(7-3-12)20-15-8-4-13(17)5-9-15/h2-9,11H,10H2,1H3,(H,18,19). The third kappa shape index (κ3) is 3.82. The van der Waals surface area contributed by atoms with Crippen molar-refractivity contribution in [3.05, 3.63) is 59.9 Å². The van der Waals surface area contributed by atoms with Gasteiger partial charge in [0.2, 0.25) is 0 Å². The fourth-order valence-corrected chi connectivity index (χ4v) is 1.88. The van der Waals surface area contributed by atoms with Gasteiger partial charge in [-0.15, -0.1) is 0 Å². The highest BCUT2D eigenvalue weighted by atomic mass is 19.1. The number of hydrogen-bond donors (Lipinski definition) is 1. The van der Waals surface area contributed by atoms with Crippen LogP contribution in [0.5, 0.6) is 11.5 Å². The molecule has 0 radical (unpaired) electrons. The summed E-state index contributed by atoms with van der Waals surface area (Å²) in [6.45, 7) is 1.87. The van der Waals surface area contributed by atoms with Crippen LogP contribution in [0.4, 0.5) is 4.39 Å². The topological polar surface area (TPSA) is 46.5 Å². The lowest BCUT2D eigenvalue weighted by molar-refractivity contribution is -0.137. The zero-order valence-electron chi connectivity index (χ0n) is 11.0. The minimum absolute atomic E-state index is 0.0487. The average Bonchev–Trinajstić information content (AvgIpc) is 2.41. The fraction of sp³-hybridized carbons (Fsp3) is 0.188. The number of benzene rings is 2. The molecule has 1 N–H and O–H groups in total. The zero-order chi connectivity index (χ0) is 14.5. The average molecular weight is 274 g/mol. The summed E-state index contributed by atoms with van der Waals surface area (Å²) in [6.07, 6.45) is 0.0954. The van der Waals surface area contributed by atoms with E-state index in [9.17, 15) is 9.18 Å². The Hall–Kier alpha value is -2.36. The van der Waals surface area contributed by atoms with Crippen LogP contribution in [0.3, 0.4) is 0 Å². The van der Waals surface area contributed by atoms with E-state index in [0.717, 1.165) is 5.56 Å². The van der Waals surface area contributed by atoms with Gasteiger partial charge in [0, 0.05) is 0 Å². The first-order chi connectivity index (χ1) is 9.54. The molecule has 0 aliphatic rings.